The molecule has 0 saturated carbocycles. The molecule has 1 aromatic rings. The zero-order chi connectivity index (χ0) is 12.8. The van der Waals surface area contributed by atoms with E-state index in [0.29, 0.717) is 6.04 Å². The van der Waals surface area contributed by atoms with Crippen LogP contribution in [0.5, 0.6) is 0 Å². The Morgan fingerprint density at radius 3 is 2.41 bits per heavy atom. The molecule has 1 N–H and O–H groups in total. The number of hydrogen-bond donors (Lipinski definition) is 1. The van der Waals surface area contributed by atoms with Crippen molar-refractivity contribution >= 4 is 0 Å². The maximum Gasteiger partial charge on any atom is 0.138 e. The molecule has 0 amide bonds. The summed E-state index contributed by atoms with van der Waals surface area (Å²) in [7, 11) is 0. The molecule has 4 heteroatoms. The maximum absolute atomic E-state index is 5.15. The Hall–Kier alpha value is -0.870. The van der Waals surface area contributed by atoms with Crippen LogP contribution < -0.4 is 5.32 Å². The van der Waals surface area contributed by atoms with Crippen molar-refractivity contribution in [1.82, 2.24) is 15.4 Å². The number of rotatable bonds is 7. The van der Waals surface area contributed by atoms with Crippen LogP contribution in [0.4, 0.5) is 0 Å². The standard InChI is InChI=1S/C13H25N3O/c1-6-16(7-2)9-10(3)14-8-13-11(4)15-17-12(13)5/h10,14H,6-9H2,1-5H3. The Morgan fingerprint density at radius 1 is 1.29 bits per heavy atom. The molecule has 0 spiro atoms. The summed E-state index contributed by atoms with van der Waals surface area (Å²) in [5.41, 5.74) is 2.18. The predicted octanol–water partition coefficient (Wildman–Crippen LogP) is 2.11. The summed E-state index contributed by atoms with van der Waals surface area (Å²) >= 11 is 0. The molecule has 0 aliphatic carbocycles. The van der Waals surface area contributed by atoms with Gasteiger partial charge in [-0.15, -0.1) is 0 Å². The summed E-state index contributed by atoms with van der Waals surface area (Å²) in [5.74, 6) is 0.921. The number of nitrogens with one attached hydrogen (secondary N) is 1. The van der Waals surface area contributed by atoms with Gasteiger partial charge in [-0.1, -0.05) is 19.0 Å². The number of hydrogen-bond acceptors (Lipinski definition) is 4. The van der Waals surface area contributed by atoms with E-state index in [1.807, 2.05) is 13.8 Å². The number of nitrogens with zero attached hydrogens (tertiary/aromatic N) is 2. The maximum atomic E-state index is 5.15. The SMILES string of the molecule is CCN(CC)CC(C)NCc1c(C)noc1C. The number of aryl methyl sites for hydroxylation is 2. The van der Waals surface area contributed by atoms with Crippen LogP contribution in [0.2, 0.25) is 0 Å². The summed E-state index contributed by atoms with van der Waals surface area (Å²) in [6, 6.07) is 0.476. The zero-order valence-corrected chi connectivity index (χ0v) is 11.7. The molecule has 1 aromatic heterocycles. The molecule has 0 bridgehead atoms. The van der Waals surface area contributed by atoms with Crippen LogP contribution in [0, 0.1) is 13.8 Å². The van der Waals surface area contributed by atoms with Gasteiger partial charge in [0.25, 0.3) is 0 Å². The first-order chi connectivity index (χ1) is 8.08. The van der Waals surface area contributed by atoms with Gasteiger partial charge in [0.2, 0.25) is 0 Å². The van der Waals surface area contributed by atoms with E-state index in [9.17, 15) is 0 Å². The predicted molar refractivity (Wildman–Crippen MR) is 70.1 cm³/mol. The number of aromatic nitrogens is 1. The van der Waals surface area contributed by atoms with E-state index < -0.39 is 0 Å². The van der Waals surface area contributed by atoms with Crippen molar-refractivity contribution in [3.8, 4) is 0 Å². The first-order valence-corrected chi connectivity index (χ1v) is 6.45. The van der Waals surface area contributed by atoms with E-state index >= 15 is 0 Å². The number of likely N-dealkylation sites (N-methyl/N-ethyl adjacent to an activating group) is 1. The minimum atomic E-state index is 0.476. The Kier molecular flexibility index (Phi) is 5.65. The van der Waals surface area contributed by atoms with Crippen LogP contribution in [0.1, 0.15) is 37.8 Å². The van der Waals surface area contributed by atoms with E-state index in [0.717, 1.165) is 37.6 Å². The molecule has 0 fully saturated rings. The highest BCUT2D eigenvalue weighted by Gasteiger charge is 2.11. The molecule has 1 atom stereocenters. The lowest BCUT2D eigenvalue weighted by Crippen LogP contribution is -2.38. The summed E-state index contributed by atoms with van der Waals surface area (Å²) in [4.78, 5) is 2.42. The van der Waals surface area contributed by atoms with Gasteiger partial charge >= 0.3 is 0 Å². The zero-order valence-electron chi connectivity index (χ0n) is 11.7. The molecular weight excluding hydrogens is 214 g/mol. The monoisotopic (exact) mass is 239 g/mol. The molecule has 0 radical (unpaired) electrons. The van der Waals surface area contributed by atoms with Crippen LogP contribution in [0.15, 0.2) is 4.52 Å². The molecule has 0 aliphatic heterocycles. The Bertz CT molecular complexity index is 312. The molecule has 1 unspecified atom stereocenters. The van der Waals surface area contributed by atoms with E-state index in [4.69, 9.17) is 4.52 Å². The minimum Gasteiger partial charge on any atom is -0.361 e. The van der Waals surface area contributed by atoms with E-state index in [-0.39, 0.29) is 0 Å². The molecule has 98 valence electrons. The molecule has 0 saturated heterocycles. The Morgan fingerprint density at radius 2 is 1.94 bits per heavy atom. The lowest BCUT2D eigenvalue weighted by atomic mass is 10.2. The van der Waals surface area contributed by atoms with Crippen LogP contribution in [-0.2, 0) is 6.54 Å². The molecular formula is C13H25N3O. The van der Waals surface area contributed by atoms with Gasteiger partial charge in [0.05, 0.1) is 5.69 Å². The molecule has 4 nitrogen and oxygen atoms in total. The average Bonchev–Trinajstić information content (AvgIpc) is 2.63. The highest BCUT2D eigenvalue weighted by molar-refractivity contribution is 5.20. The highest BCUT2D eigenvalue weighted by atomic mass is 16.5. The largest absolute Gasteiger partial charge is 0.361 e. The third-order valence-corrected chi connectivity index (χ3v) is 3.24. The third-order valence-electron chi connectivity index (χ3n) is 3.24. The van der Waals surface area contributed by atoms with Crippen molar-refractivity contribution in [2.75, 3.05) is 19.6 Å². The Labute approximate surface area is 104 Å². The van der Waals surface area contributed by atoms with E-state index in [1.54, 1.807) is 0 Å². The lowest BCUT2D eigenvalue weighted by molar-refractivity contribution is 0.270. The fourth-order valence-electron chi connectivity index (χ4n) is 1.96. The summed E-state index contributed by atoms with van der Waals surface area (Å²) in [6.07, 6.45) is 0. The van der Waals surface area contributed by atoms with E-state index in [2.05, 4.69) is 36.1 Å². The van der Waals surface area contributed by atoms with Gasteiger partial charge in [-0.25, -0.2) is 0 Å². The molecule has 1 rings (SSSR count). The average molecular weight is 239 g/mol. The van der Waals surface area contributed by atoms with Crippen molar-refractivity contribution in [2.24, 2.45) is 0 Å². The smallest absolute Gasteiger partial charge is 0.138 e. The molecule has 1 heterocycles. The third kappa shape index (κ3) is 4.13. The van der Waals surface area contributed by atoms with Gasteiger partial charge in [-0.3, -0.25) is 0 Å². The Balaban J connectivity index is 2.40. The van der Waals surface area contributed by atoms with E-state index in [1.165, 1.54) is 5.56 Å². The van der Waals surface area contributed by atoms with Crippen molar-refractivity contribution < 1.29 is 4.52 Å². The van der Waals surface area contributed by atoms with Crippen molar-refractivity contribution in [2.45, 2.75) is 47.2 Å². The second kappa shape index (κ2) is 6.77. The fraction of sp³-hybridized carbons (Fsp3) is 0.769. The first kappa shape index (κ1) is 14.2. The normalized spacial score (nSPS) is 13.3. The van der Waals surface area contributed by atoms with Crippen molar-refractivity contribution in [3.63, 3.8) is 0 Å². The van der Waals surface area contributed by atoms with Crippen molar-refractivity contribution in [3.05, 3.63) is 17.0 Å². The van der Waals surface area contributed by atoms with Crippen LogP contribution in [0.3, 0.4) is 0 Å². The lowest BCUT2D eigenvalue weighted by Gasteiger charge is -2.23. The minimum absolute atomic E-state index is 0.476. The molecule has 0 aliphatic rings. The van der Waals surface area contributed by atoms with Gasteiger partial charge in [0.1, 0.15) is 5.76 Å². The van der Waals surface area contributed by atoms with Gasteiger partial charge in [-0.2, -0.15) is 0 Å². The summed E-state index contributed by atoms with van der Waals surface area (Å²) in [6.45, 7) is 14.7. The van der Waals surface area contributed by atoms with Gasteiger partial charge < -0.3 is 14.7 Å². The van der Waals surface area contributed by atoms with Crippen LogP contribution in [-0.4, -0.2) is 35.7 Å². The van der Waals surface area contributed by atoms with Gasteiger partial charge in [0, 0.05) is 24.7 Å². The second-order valence-electron chi connectivity index (χ2n) is 4.57. The summed E-state index contributed by atoms with van der Waals surface area (Å²) < 4.78 is 5.15. The quantitative estimate of drug-likeness (QED) is 0.791. The van der Waals surface area contributed by atoms with Gasteiger partial charge in [-0.05, 0) is 33.9 Å². The van der Waals surface area contributed by atoms with Crippen molar-refractivity contribution in [1.29, 1.82) is 0 Å². The summed E-state index contributed by atoms with van der Waals surface area (Å²) in [5, 5.41) is 7.49. The topological polar surface area (TPSA) is 41.3 Å². The second-order valence-corrected chi connectivity index (χ2v) is 4.57. The molecule has 0 aromatic carbocycles. The van der Waals surface area contributed by atoms with Gasteiger partial charge in [0.15, 0.2) is 0 Å². The molecule has 17 heavy (non-hydrogen) atoms. The fourth-order valence-corrected chi connectivity index (χ4v) is 1.96. The van der Waals surface area contributed by atoms with Crippen LogP contribution in [0.25, 0.3) is 0 Å². The van der Waals surface area contributed by atoms with Crippen LogP contribution >= 0.6 is 0 Å². The first-order valence-electron chi connectivity index (χ1n) is 6.45. The highest BCUT2D eigenvalue weighted by Crippen LogP contribution is 2.11.